The SMILES string of the molecule is O=C(Nc1cccc(O)c1)c1cc(Br)sc1Br. The zero-order valence-corrected chi connectivity index (χ0v) is 12.4. The molecule has 2 rings (SSSR count). The predicted molar refractivity (Wildman–Crippen MR) is 75.8 cm³/mol. The van der Waals surface area contributed by atoms with Gasteiger partial charge in [-0.15, -0.1) is 11.3 Å². The molecule has 17 heavy (non-hydrogen) atoms. The summed E-state index contributed by atoms with van der Waals surface area (Å²) in [6, 6.07) is 8.17. The predicted octanol–water partition coefficient (Wildman–Crippen LogP) is 4.23. The van der Waals surface area contributed by atoms with E-state index in [4.69, 9.17) is 0 Å². The Morgan fingerprint density at radius 2 is 2.06 bits per heavy atom. The van der Waals surface area contributed by atoms with E-state index >= 15 is 0 Å². The van der Waals surface area contributed by atoms with Crippen molar-refractivity contribution in [1.29, 1.82) is 0 Å². The number of nitrogens with one attached hydrogen (secondary N) is 1. The third-order valence-corrected chi connectivity index (χ3v) is 4.34. The van der Waals surface area contributed by atoms with Crippen LogP contribution in [-0.2, 0) is 0 Å². The molecule has 0 bridgehead atoms. The first-order valence-corrected chi connectivity index (χ1v) is 7.02. The molecule has 2 N–H and O–H groups in total. The third kappa shape index (κ3) is 3.08. The summed E-state index contributed by atoms with van der Waals surface area (Å²) >= 11 is 8.08. The normalized spacial score (nSPS) is 10.2. The molecule has 2 aromatic rings. The van der Waals surface area contributed by atoms with Crippen LogP contribution < -0.4 is 5.32 Å². The molecule has 3 nitrogen and oxygen atoms in total. The molecule has 0 atom stereocenters. The zero-order valence-electron chi connectivity index (χ0n) is 8.41. The number of benzene rings is 1. The summed E-state index contributed by atoms with van der Waals surface area (Å²) in [5.41, 5.74) is 1.12. The first-order chi connectivity index (χ1) is 8.06. The van der Waals surface area contributed by atoms with E-state index in [-0.39, 0.29) is 11.7 Å². The molecule has 1 amide bonds. The van der Waals surface area contributed by atoms with Crippen LogP contribution in [0.15, 0.2) is 37.9 Å². The van der Waals surface area contributed by atoms with Crippen LogP contribution >= 0.6 is 43.2 Å². The standard InChI is InChI=1S/C11H7Br2NO2S/c12-9-5-8(10(13)17-9)11(16)14-6-2-1-3-7(15)4-6/h1-5,15H,(H,14,16). The molecule has 88 valence electrons. The molecule has 0 saturated heterocycles. The maximum atomic E-state index is 11.9. The van der Waals surface area contributed by atoms with Crippen molar-refractivity contribution >= 4 is 54.8 Å². The van der Waals surface area contributed by atoms with Gasteiger partial charge in [0.05, 0.1) is 13.1 Å². The molecule has 6 heteroatoms. The maximum Gasteiger partial charge on any atom is 0.257 e. The van der Waals surface area contributed by atoms with Gasteiger partial charge in [0.1, 0.15) is 5.75 Å². The summed E-state index contributed by atoms with van der Waals surface area (Å²) in [6.07, 6.45) is 0. The first kappa shape index (κ1) is 12.6. The summed E-state index contributed by atoms with van der Waals surface area (Å²) < 4.78 is 1.65. The van der Waals surface area contributed by atoms with Crippen molar-refractivity contribution in [3.8, 4) is 5.75 Å². The summed E-state index contributed by atoms with van der Waals surface area (Å²) in [5.74, 6) is -0.0993. The lowest BCUT2D eigenvalue weighted by Gasteiger charge is -2.04. The van der Waals surface area contributed by atoms with Gasteiger partial charge in [0.2, 0.25) is 0 Å². The quantitative estimate of drug-likeness (QED) is 0.823. The number of carbonyl (C=O) groups excluding carboxylic acids is 1. The smallest absolute Gasteiger partial charge is 0.257 e. The minimum absolute atomic E-state index is 0.119. The highest BCUT2D eigenvalue weighted by Crippen LogP contribution is 2.32. The minimum Gasteiger partial charge on any atom is -0.508 e. The Kier molecular flexibility index (Phi) is 3.86. The second-order valence-corrected chi connectivity index (χ2v) is 6.99. The molecule has 0 radical (unpaired) electrons. The van der Waals surface area contributed by atoms with Crippen molar-refractivity contribution in [3.05, 3.63) is 43.5 Å². The van der Waals surface area contributed by atoms with Crippen LogP contribution in [-0.4, -0.2) is 11.0 Å². The molecular weight excluding hydrogens is 370 g/mol. The van der Waals surface area contributed by atoms with Gasteiger partial charge in [-0.05, 0) is 50.1 Å². The van der Waals surface area contributed by atoms with Crippen LogP contribution in [0.3, 0.4) is 0 Å². The second kappa shape index (κ2) is 5.20. The molecule has 0 aliphatic heterocycles. The number of halogens is 2. The number of phenolic OH excluding ortho intramolecular Hbond substituents is 1. The first-order valence-electron chi connectivity index (χ1n) is 4.61. The van der Waals surface area contributed by atoms with E-state index in [1.165, 1.54) is 17.4 Å². The van der Waals surface area contributed by atoms with Gasteiger partial charge in [0.25, 0.3) is 5.91 Å². The topological polar surface area (TPSA) is 49.3 Å². The van der Waals surface area contributed by atoms with Crippen LogP contribution in [0.25, 0.3) is 0 Å². The van der Waals surface area contributed by atoms with Crippen molar-refractivity contribution in [1.82, 2.24) is 0 Å². The average molecular weight is 377 g/mol. The van der Waals surface area contributed by atoms with Gasteiger partial charge >= 0.3 is 0 Å². The number of hydrogen-bond donors (Lipinski definition) is 2. The Balaban J connectivity index is 2.20. The number of rotatable bonds is 2. The highest BCUT2D eigenvalue weighted by molar-refractivity contribution is 9.12. The molecule has 0 aliphatic carbocycles. The number of aromatic hydroxyl groups is 1. The van der Waals surface area contributed by atoms with E-state index < -0.39 is 0 Å². The fraction of sp³-hybridized carbons (Fsp3) is 0. The Labute approximate surface area is 119 Å². The van der Waals surface area contributed by atoms with Crippen LogP contribution in [0.1, 0.15) is 10.4 Å². The molecule has 1 heterocycles. The Hall–Kier alpha value is -0.850. The Morgan fingerprint density at radius 1 is 1.29 bits per heavy atom. The van der Waals surface area contributed by atoms with Crippen molar-refractivity contribution in [3.63, 3.8) is 0 Å². The highest BCUT2D eigenvalue weighted by Gasteiger charge is 2.13. The summed E-state index contributed by atoms with van der Waals surface area (Å²) in [7, 11) is 0. The van der Waals surface area contributed by atoms with Gasteiger partial charge in [-0.3, -0.25) is 4.79 Å². The molecular formula is C11H7Br2NO2S. The number of amides is 1. The largest absolute Gasteiger partial charge is 0.508 e. The van der Waals surface area contributed by atoms with Gasteiger partial charge in [-0.1, -0.05) is 6.07 Å². The van der Waals surface area contributed by atoms with Crippen LogP contribution in [0.5, 0.6) is 5.75 Å². The molecule has 0 spiro atoms. The van der Waals surface area contributed by atoms with Gasteiger partial charge in [0.15, 0.2) is 0 Å². The maximum absolute atomic E-state index is 11.9. The van der Waals surface area contributed by atoms with Crippen molar-refractivity contribution in [2.75, 3.05) is 5.32 Å². The van der Waals surface area contributed by atoms with E-state index in [0.29, 0.717) is 11.3 Å². The van der Waals surface area contributed by atoms with Crippen LogP contribution in [0.4, 0.5) is 5.69 Å². The molecule has 0 aliphatic rings. The summed E-state index contributed by atoms with van der Waals surface area (Å²) in [4.78, 5) is 11.9. The summed E-state index contributed by atoms with van der Waals surface area (Å²) in [5, 5.41) is 12.0. The Bertz CT molecular complexity index is 568. The van der Waals surface area contributed by atoms with Crippen molar-refractivity contribution in [2.24, 2.45) is 0 Å². The Morgan fingerprint density at radius 3 is 2.65 bits per heavy atom. The fourth-order valence-electron chi connectivity index (χ4n) is 1.28. The van der Waals surface area contributed by atoms with Crippen LogP contribution in [0, 0.1) is 0 Å². The van der Waals surface area contributed by atoms with E-state index in [0.717, 1.165) is 7.57 Å². The average Bonchev–Trinajstić information content (AvgIpc) is 2.58. The molecule has 0 unspecified atom stereocenters. The highest BCUT2D eigenvalue weighted by atomic mass is 79.9. The fourth-order valence-corrected chi connectivity index (χ4v) is 4.07. The number of thiophene rings is 1. The molecule has 1 aromatic heterocycles. The van der Waals surface area contributed by atoms with Crippen LogP contribution in [0.2, 0.25) is 0 Å². The second-order valence-electron chi connectivity index (χ2n) is 3.24. The number of phenols is 1. The zero-order chi connectivity index (χ0) is 12.4. The third-order valence-electron chi connectivity index (χ3n) is 2.01. The van der Waals surface area contributed by atoms with Crippen molar-refractivity contribution in [2.45, 2.75) is 0 Å². The lowest BCUT2D eigenvalue weighted by atomic mass is 10.2. The van der Waals surface area contributed by atoms with E-state index in [9.17, 15) is 9.90 Å². The molecule has 1 aromatic carbocycles. The van der Waals surface area contributed by atoms with E-state index in [1.807, 2.05) is 0 Å². The molecule has 0 fully saturated rings. The van der Waals surface area contributed by atoms with Crippen molar-refractivity contribution < 1.29 is 9.90 Å². The van der Waals surface area contributed by atoms with Gasteiger partial charge in [-0.25, -0.2) is 0 Å². The van der Waals surface area contributed by atoms with Gasteiger partial charge in [-0.2, -0.15) is 0 Å². The lowest BCUT2D eigenvalue weighted by molar-refractivity contribution is 0.102. The van der Waals surface area contributed by atoms with Gasteiger partial charge < -0.3 is 10.4 Å². The number of carbonyl (C=O) groups is 1. The monoisotopic (exact) mass is 375 g/mol. The number of hydrogen-bond acceptors (Lipinski definition) is 3. The van der Waals surface area contributed by atoms with E-state index in [1.54, 1.807) is 24.3 Å². The number of anilines is 1. The van der Waals surface area contributed by atoms with E-state index in [2.05, 4.69) is 37.2 Å². The van der Waals surface area contributed by atoms with Gasteiger partial charge in [0, 0.05) is 11.8 Å². The lowest BCUT2D eigenvalue weighted by Crippen LogP contribution is -2.11. The minimum atomic E-state index is -0.218. The molecule has 0 saturated carbocycles. The summed E-state index contributed by atoms with van der Waals surface area (Å²) in [6.45, 7) is 0.